The average molecular weight is 151 g/mol. The molecular formula is C9H13NO. The van der Waals surface area contributed by atoms with Crippen molar-refractivity contribution in [1.82, 2.24) is 0 Å². The molecule has 2 nitrogen and oxygen atoms in total. The van der Waals surface area contributed by atoms with Gasteiger partial charge in [0.05, 0.1) is 0 Å². The van der Waals surface area contributed by atoms with Crippen LogP contribution in [0.5, 0.6) is 0 Å². The zero-order valence-electron chi connectivity index (χ0n) is 7.27. The summed E-state index contributed by atoms with van der Waals surface area (Å²) in [7, 11) is 0. The van der Waals surface area contributed by atoms with E-state index >= 15 is 0 Å². The Morgan fingerprint density at radius 3 is 2.27 bits per heavy atom. The maximum atomic E-state index is 11.1. The van der Waals surface area contributed by atoms with Crippen LogP contribution >= 0.6 is 0 Å². The third-order valence-electron chi connectivity index (χ3n) is 2.05. The van der Waals surface area contributed by atoms with E-state index in [0.717, 1.165) is 29.7 Å². The lowest BCUT2D eigenvalue weighted by molar-refractivity contribution is -0.114. The van der Waals surface area contributed by atoms with Gasteiger partial charge in [-0.05, 0) is 25.3 Å². The summed E-state index contributed by atoms with van der Waals surface area (Å²) in [5.41, 5.74) is 2.97. The number of aliphatic imine (C=N–C) groups is 1. The van der Waals surface area contributed by atoms with Crippen LogP contribution in [0, 0.1) is 0 Å². The van der Waals surface area contributed by atoms with Crippen LogP contribution in [0.2, 0.25) is 0 Å². The van der Waals surface area contributed by atoms with E-state index in [1.807, 2.05) is 13.8 Å². The Kier molecular flexibility index (Phi) is 2.22. The molecule has 0 saturated carbocycles. The number of carbonyl (C=O) groups is 1. The molecule has 0 spiro atoms. The molecule has 0 atom stereocenters. The van der Waals surface area contributed by atoms with Crippen molar-refractivity contribution < 1.29 is 4.79 Å². The van der Waals surface area contributed by atoms with Crippen molar-refractivity contribution in [2.75, 3.05) is 0 Å². The minimum atomic E-state index is -0.0429. The van der Waals surface area contributed by atoms with Gasteiger partial charge in [-0.2, -0.15) is 0 Å². The fraction of sp³-hybridized carbons (Fsp3) is 0.556. The molecule has 0 unspecified atom stereocenters. The Balaban J connectivity index is 3.01. The first-order chi connectivity index (χ1) is 5.20. The number of hydrogen-bond acceptors (Lipinski definition) is 1. The van der Waals surface area contributed by atoms with Gasteiger partial charge in [0.25, 0.3) is 5.91 Å². The van der Waals surface area contributed by atoms with Crippen LogP contribution in [0.25, 0.3) is 0 Å². The van der Waals surface area contributed by atoms with Gasteiger partial charge in [-0.3, -0.25) is 4.79 Å². The van der Waals surface area contributed by atoms with Gasteiger partial charge < -0.3 is 0 Å². The predicted molar refractivity (Wildman–Crippen MR) is 45.7 cm³/mol. The highest BCUT2D eigenvalue weighted by Crippen LogP contribution is 2.20. The minimum Gasteiger partial charge on any atom is -0.267 e. The van der Waals surface area contributed by atoms with E-state index in [1.165, 1.54) is 0 Å². The first-order valence-electron chi connectivity index (χ1n) is 4.02. The number of carbonyl (C=O) groups excluding carboxylic acids is 1. The van der Waals surface area contributed by atoms with E-state index in [0.29, 0.717) is 0 Å². The molecule has 0 saturated heterocycles. The standard InChI is InChI=1S/C9H13NO/c1-4-7-6(3)9(11)10-8(7)5-2/h4-5H2,1-3H3. The second-order valence-corrected chi connectivity index (χ2v) is 2.67. The molecule has 0 aromatic rings. The Morgan fingerprint density at radius 2 is 1.91 bits per heavy atom. The van der Waals surface area contributed by atoms with E-state index in [-0.39, 0.29) is 5.91 Å². The van der Waals surface area contributed by atoms with Crippen molar-refractivity contribution in [2.45, 2.75) is 33.6 Å². The summed E-state index contributed by atoms with van der Waals surface area (Å²) in [5.74, 6) is -0.0429. The second-order valence-electron chi connectivity index (χ2n) is 2.67. The Morgan fingerprint density at radius 1 is 1.27 bits per heavy atom. The van der Waals surface area contributed by atoms with Crippen molar-refractivity contribution in [3.05, 3.63) is 11.1 Å². The zero-order chi connectivity index (χ0) is 8.43. The highest BCUT2D eigenvalue weighted by Gasteiger charge is 2.19. The molecule has 0 bridgehead atoms. The molecule has 2 heteroatoms. The monoisotopic (exact) mass is 151 g/mol. The van der Waals surface area contributed by atoms with Crippen LogP contribution in [-0.2, 0) is 4.79 Å². The highest BCUT2D eigenvalue weighted by molar-refractivity contribution is 6.18. The number of rotatable bonds is 2. The fourth-order valence-electron chi connectivity index (χ4n) is 1.38. The van der Waals surface area contributed by atoms with Crippen LogP contribution in [0.15, 0.2) is 16.1 Å². The molecule has 0 aromatic carbocycles. The highest BCUT2D eigenvalue weighted by atomic mass is 16.1. The first-order valence-corrected chi connectivity index (χ1v) is 4.02. The predicted octanol–water partition coefficient (Wildman–Crippen LogP) is 2.10. The molecule has 0 aliphatic carbocycles. The summed E-state index contributed by atoms with van der Waals surface area (Å²) >= 11 is 0. The van der Waals surface area contributed by atoms with Gasteiger partial charge in [0, 0.05) is 11.3 Å². The SMILES string of the molecule is CCC1=NC(=O)C(C)=C1CC. The van der Waals surface area contributed by atoms with Crippen molar-refractivity contribution in [1.29, 1.82) is 0 Å². The maximum absolute atomic E-state index is 11.1. The topological polar surface area (TPSA) is 29.4 Å². The summed E-state index contributed by atoms with van der Waals surface area (Å²) in [6.07, 6.45) is 1.79. The van der Waals surface area contributed by atoms with Gasteiger partial charge >= 0.3 is 0 Å². The molecule has 1 rings (SSSR count). The van der Waals surface area contributed by atoms with Crippen molar-refractivity contribution in [3.8, 4) is 0 Å². The molecule has 0 fully saturated rings. The van der Waals surface area contributed by atoms with Gasteiger partial charge in [0.15, 0.2) is 0 Å². The summed E-state index contributed by atoms with van der Waals surface area (Å²) < 4.78 is 0. The third kappa shape index (κ3) is 1.25. The molecule has 0 radical (unpaired) electrons. The Bertz CT molecular complexity index is 248. The van der Waals surface area contributed by atoms with Crippen LogP contribution in [0.3, 0.4) is 0 Å². The van der Waals surface area contributed by atoms with Crippen molar-refractivity contribution in [2.24, 2.45) is 4.99 Å². The molecule has 0 N–H and O–H groups in total. The second kappa shape index (κ2) is 2.99. The van der Waals surface area contributed by atoms with Crippen LogP contribution in [0.1, 0.15) is 33.6 Å². The lowest BCUT2D eigenvalue weighted by atomic mass is 10.0. The van der Waals surface area contributed by atoms with E-state index in [9.17, 15) is 4.79 Å². The lowest BCUT2D eigenvalue weighted by Gasteiger charge is -1.99. The molecule has 0 aromatic heterocycles. The van der Waals surface area contributed by atoms with E-state index in [4.69, 9.17) is 0 Å². The largest absolute Gasteiger partial charge is 0.273 e. The molecule has 60 valence electrons. The third-order valence-corrected chi connectivity index (χ3v) is 2.05. The molecule has 1 amide bonds. The Hall–Kier alpha value is -0.920. The molecule has 1 aliphatic heterocycles. The summed E-state index contributed by atoms with van der Waals surface area (Å²) in [4.78, 5) is 15.0. The molecule has 1 heterocycles. The fourth-order valence-corrected chi connectivity index (χ4v) is 1.38. The summed E-state index contributed by atoms with van der Waals surface area (Å²) in [5, 5.41) is 0. The van der Waals surface area contributed by atoms with Gasteiger partial charge in [0.1, 0.15) is 0 Å². The normalized spacial score (nSPS) is 17.7. The minimum absolute atomic E-state index is 0.0429. The van der Waals surface area contributed by atoms with Gasteiger partial charge in [-0.25, -0.2) is 4.99 Å². The number of amides is 1. The number of nitrogens with zero attached hydrogens (tertiary/aromatic N) is 1. The van der Waals surface area contributed by atoms with Gasteiger partial charge in [-0.15, -0.1) is 0 Å². The quantitative estimate of drug-likeness (QED) is 0.594. The maximum Gasteiger partial charge on any atom is 0.273 e. The summed E-state index contributed by atoms with van der Waals surface area (Å²) in [6, 6.07) is 0. The van der Waals surface area contributed by atoms with Gasteiger partial charge in [-0.1, -0.05) is 13.8 Å². The van der Waals surface area contributed by atoms with Crippen molar-refractivity contribution in [3.63, 3.8) is 0 Å². The lowest BCUT2D eigenvalue weighted by Crippen LogP contribution is -1.96. The zero-order valence-corrected chi connectivity index (χ0v) is 7.27. The molecular weight excluding hydrogens is 138 g/mol. The first kappa shape index (κ1) is 8.18. The van der Waals surface area contributed by atoms with Gasteiger partial charge in [0.2, 0.25) is 0 Å². The number of hydrogen-bond donors (Lipinski definition) is 0. The number of allylic oxidation sites excluding steroid dienone is 1. The van der Waals surface area contributed by atoms with Crippen LogP contribution < -0.4 is 0 Å². The summed E-state index contributed by atoms with van der Waals surface area (Å²) in [6.45, 7) is 5.94. The van der Waals surface area contributed by atoms with E-state index in [2.05, 4.69) is 11.9 Å². The average Bonchev–Trinajstić information content (AvgIpc) is 2.28. The van der Waals surface area contributed by atoms with Crippen LogP contribution in [-0.4, -0.2) is 11.6 Å². The molecule has 11 heavy (non-hydrogen) atoms. The van der Waals surface area contributed by atoms with Crippen molar-refractivity contribution >= 4 is 11.6 Å². The van der Waals surface area contributed by atoms with E-state index < -0.39 is 0 Å². The van der Waals surface area contributed by atoms with E-state index in [1.54, 1.807) is 0 Å². The Labute approximate surface area is 67.0 Å². The van der Waals surface area contributed by atoms with Crippen LogP contribution in [0.4, 0.5) is 0 Å². The smallest absolute Gasteiger partial charge is 0.267 e. The molecule has 1 aliphatic rings.